The van der Waals surface area contributed by atoms with Crippen LogP contribution in [0.4, 0.5) is 0 Å². The van der Waals surface area contributed by atoms with Crippen LogP contribution in [0, 0.1) is 0 Å². The molecule has 5 rings (SSSR count). The molecule has 0 spiro atoms. The van der Waals surface area contributed by atoms with Crippen LogP contribution in [-0.4, -0.2) is 5.97 Å². The lowest BCUT2D eigenvalue weighted by Gasteiger charge is -2.23. The summed E-state index contributed by atoms with van der Waals surface area (Å²) in [7, 11) is 0. The molecular formula is C29H24O2. The van der Waals surface area contributed by atoms with Gasteiger partial charge in [0, 0.05) is 10.8 Å². The smallest absolute Gasteiger partial charge is 0.343 e. The number of fused-ring (bicyclic) bond motifs is 3. The quantitative estimate of drug-likeness (QED) is 0.171. The highest BCUT2D eigenvalue weighted by molar-refractivity contribution is 6.09. The van der Waals surface area contributed by atoms with Gasteiger partial charge in [0.2, 0.25) is 0 Å². The molecule has 0 aliphatic heterocycles. The Hall–Kier alpha value is -3.65. The van der Waals surface area contributed by atoms with Gasteiger partial charge in [-0.2, -0.15) is 0 Å². The Morgan fingerprint density at radius 2 is 1.35 bits per heavy atom. The van der Waals surface area contributed by atoms with Crippen molar-refractivity contribution in [3.8, 4) is 5.75 Å². The van der Waals surface area contributed by atoms with E-state index < -0.39 is 0 Å². The van der Waals surface area contributed by atoms with E-state index >= 15 is 0 Å². The van der Waals surface area contributed by atoms with Crippen LogP contribution in [0.1, 0.15) is 36.7 Å². The van der Waals surface area contributed by atoms with E-state index in [0.29, 0.717) is 11.3 Å². The van der Waals surface area contributed by atoms with E-state index in [4.69, 9.17) is 4.74 Å². The van der Waals surface area contributed by atoms with Gasteiger partial charge in [-0.3, -0.25) is 0 Å². The van der Waals surface area contributed by atoms with E-state index in [1.54, 1.807) is 0 Å². The Kier molecular flexibility index (Phi) is 4.51. The van der Waals surface area contributed by atoms with E-state index in [1.807, 2.05) is 60.7 Å². The lowest BCUT2D eigenvalue weighted by molar-refractivity contribution is 0.0739. The van der Waals surface area contributed by atoms with Crippen molar-refractivity contribution in [1.82, 2.24) is 0 Å². The third-order valence-electron chi connectivity index (χ3n) is 5.83. The molecule has 0 aliphatic carbocycles. The van der Waals surface area contributed by atoms with Gasteiger partial charge in [0.25, 0.3) is 0 Å². The van der Waals surface area contributed by atoms with Crippen molar-refractivity contribution in [2.24, 2.45) is 0 Å². The molecule has 0 heterocycles. The number of hydrogen-bond acceptors (Lipinski definition) is 2. The van der Waals surface area contributed by atoms with Gasteiger partial charge in [0.1, 0.15) is 5.75 Å². The van der Waals surface area contributed by atoms with Gasteiger partial charge < -0.3 is 4.74 Å². The average Bonchev–Trinajstić information content (AvgIpc) is 2.77. The molecule has 5 aromatic rings. The van der Waals surface area contributed by atoms with E-state index in [2.05, 4.69) is 51.1 Å². The molecular weight excluding hydrogens is 380 g/mol. The van der Waals surface area contributed by atoms with Gasteiger partial charge in [0.15, 0.2) is 0 Å². The maximum absolute atomic E-state index is 13.3. The molecule has 0 fully saturated rings. The van der Waals surface area contributed by atoms with Crippen LogP contribution in [0.2, 0.25) is 0 Å². The molecule has 0 radical (unpaired) electrons. The molecule has 0 aliphatic rings. The van der Waals surface area contributed by atoms with E-state index in [1.165, 1.54) is 0 Å². The minimum atomic E-state index is -0.341. The molecule has 0 atom stereocenters. The number of carbonyl (C=O) groups is 1. The first-order chi connectivity index (χ1) is 14.9. The van der Waals surface area contributed by atoms with Crippen molar-refractivity contribution in [1.29, 1.82) is 0 Å². The first kappa shape index (κ1) is 19.3. The summed E-state index contributed by atoms with van der Waals surface area (Å²) in [6.45, 7) is 6.56. The van der Waals surface area contributed by atoms with Gasteiger partial charge >= 0.3 is 5.97 Å². The largest absolute Gasteiger partial charge is 0.422 e. The van der Waals surface area contributed by atoms with Gasteiger partial charge in [-0.05, 0) is 50.7 Å². The van der Waals surface area contributed by atoms with Crippen LogP contribution in [0.3, 0.4) is 0 Å². The second-order valence-corrected chi connectivity index (χ2v) is 9.03. The highest BCUT2D eigenvalue weighted by Crippen LogP contribution is 2.41. The lowest BCUT2D eigenvalue weighted by Crippen LogP contribution is -2.14. The van der Waals surface area contributed by atoms with Gasteiger partial charge in [-0.15, -0.1) is 0 Å². The number of carbonyl (C=O) groups excluding carboxylic acids is 1. The van der Waals surface area contributed by atoms with Crippen LogP contribution in [0.5, 0.6) is 5.75 Å². The Labute approximate surface area is 182 Å². The SMILES string of the molecule is CC(C)(C)c1cccc2cc3ccccc3c(OC(=O)c3ccc4ccccc4c3)c12. The second kappa shape index (κ2) is 7.24. The molecule has 0 aromatic heterocycles. The first-order valence-electron chi connectivity index (χ1n) is 10.6. The number of hydrogen-bond donors (Lipinski definition) is 0. The summed E-state index contributed by atoms with van der Waals surface area (Å²) in [6.07, 6.45) is 0. The maximum Gasteiger partial charge on any atom is 0.343 e. The summed E-state index contributed by atoms with van der Waals surface area (Å²) in [5.74, 6) is 0.295. The fourth-order valence-corrected chi connectivity index (χ4v) is 4.27. The number of esters is 1. The summed E-state index contributed by atoms with van der Waals surface area (Å²) in [5.41, 5.74) is 1.62. The molecule has 31 heavy (non-hydrogen) atoms. The van der Waals surface area contributed by atoms with Gasteiger partial charge in [-0.25, -0.2) is 4.79 Å². The Balaban J connectivity index is 1.72. The fourth-order valence-electron chi connectivity index (χ4n) is 4.27. The summed E-state index contributed by atoms with van der Waals surface area (Å²) >= 11 is 0. The van der Waals surface area contributed by atoms with Gasteiger partial charge in [0.05, 0.1) is 5.56 Å². The molecule has 0 bridgehead atoms. The number of ether oxygens (including phenoxy) is 1. The van der Waals surface area contributed by atoms with Crippen molar-refractivity contribution in [3.05, 3.63) is 102 Å². The number of benzene rings is 5. The predicted octanol–water partition coefficient (Wildman–Crippen LogP) is 7.66. The van der Waals surface area contributed by atoms with E-state index in [9.17, 15) is 4.79 Å². The Morgan fingerprint density at radius 1 is 0.677 bits per heavy atom. The molecule has 152 valence electrons. The normalized spacial score (nSPS) is 11.8. The predicted molar refractivity (Wildman–Crippen MR) is 129 cm³/mol. The summed E-state index contributed by atoms with van der Waals surface area (Å²) in [4.78, 5) is 13.3. The minimum absolute atomic E-state index is 0.0912. The molecule has 0 saturated heterocycles. The van der Waals surface area contributed by atoms with E-state index in [0.717, 1.165) is 37.9 Å². The highest BCUT2D eigenvalue weighted by atomic mass is 16.5. The first-order valence-corrected chi connectivity index (χ1v) is 10.6. The monoisotopic (exact) mass is 404 g/mol. The molecule has 2 heteroatoms. The van der Waals surface area contributed by atoms with Crippen molar-refractivity contribution < 1.29 is 9.53 Å². The molecule has 0 saturated carbocycles. The second-order valence-electron chi connectivity index (χ2n) is 9.03. The third-order valence-corrected chi connectivity index (χ3v) is 5.83. The molecule has 5 aromatic carbocycles. The summed E-state index contributed by atoms with van der Waals surface area (Å²) in [6, 6.07) is 30.3. The average molecular weight is 405 g/mol. The molecule has 0 amide bonds. The fraction of sp³-hybridized carbons (Fsp3) is 0.138. The summed E-state index contributed by atoms with van der Waals surface area (Å²) in [5, 5.41) is 6.21. The van der Waals surface area contributed by atoms with Crippen molar-refractivity contribution in [3.63, 3.8) is 0 Å². The third kappa shape index (κ3) is 3.44. The molecule has 0 unspecified atom stereocenters. The van der Waals surface area contributed by atoms with Crippen LogP contribution < -0.4 is 4.74 Å². The topological polar surface area (TPSA) is 26.3 Å². The number of rotatable bonds is 2. The zero-order valence-electron chi connectivity index (χ0n) is 18.0. The Morgan fingerprint density at radius 3 is 2.13 bits per heavy atom. The van der Waals surface area contributed by atoms with Crippen LogP contribution in [0.25, 0.3) is 32.3 Å². The summed E-state index contributed by atoms with van der Waals surface area (Å²) < 4.78 is 6.17. The molecule has 0 N–H and O–H groups in total. The zero-order valence-corrected chi connectivity index (χ0v) is 18.0. The van der Waals surface area contributed by atoms with Crippen LogP contribution in [-0.2, 0) is 5.41 Å². The molecule has 2 nitrogen and oxygen atoms in total. The van der Waals surface area contributed by atoms with Crippen LogP contribution in [0.15, 0.2) is 91.0 Å². The highest BCUT2D eigenvalue weighted by Gasteiger charge is 2.22. The van der Waals surface area contributed by atoms with Crippen molar-refractivity contribution in [2.45, 2.75) is 26.2 Å². The van der Waals surface area contributed by atoms with Crippen LogP contribution >= 0.6 is 0 Å². The van der Waals surface area contributed by atoms with Crippen molar-refractivity contribution in [2.75, 3.05) is 0 Å². The lowest BCUT2D eigenvalue weighted by atomic mass is 9.82. The maximum atomic E-state index is 13.3. The Bertz CT molecular complexity index is 1450. The minimum Gasteiger partial charge on any atom is -0.422 e. The van der Waals surface area contributed by atoms with E-state index in [-0.39, 0.29) is 11.4 Å². The standard InChI is InChI=1S/C29H24O2/c1-29(2,3)25-14-8-12-22-18-21-11-6-7-13-24(21)27(26(22)25)31-28(30)23-16-15-19-9-4-5-10-20(19)17-23/h4-18H,1-3H3. The van der Waals surface area contributed by atoms with Crippen molar-refractivity contribution >= 4 is 38.3 Å². The van der Waals surface area contributed by atoms with Gasteiger partial charge in [-0.1, -0.05) is 93.6 Å². The zero-order chi connectivity index (χ0) is 21.6.